The molecule has 0 bridgehead atoms. The van der Waals surface area contributed by atoms with Crippen LogP contribution in [0.2, 0.25) is 0 Å². The number of hydrogen-bond acceptors (Lipinski definition) is 5. The number of rotatable bonds is 7. The molecule has 0 unspecified atom stereocenters. The summed E-state index contributed by atoms with van der Waals surface area (Å²) in [6.45, 7) is 2.90. The highest BCUT2D eigenvalue weighted by atomic mass is 32.2. The highest BCUT2D eigenvalue weighted by Crippen LogP contribution is 2.35. The van der Waals surface area contributed by atoms with E-state index in [9.17, 15) is 8.42 Å². The number of nitrogens with two attached hydrogens (primary N) is 1. The molecule has 1 saturated carbocycles. The maximum absolute atomic E-state index is 12.8. The molecule has 1 aliphatic rings. The number of nitrogens with zero attached hydrogens (tertiary/aromatic N) is 1. The highest BCUT2D eigenvalue weighted by molar-refractivity contribution is 7.89. The Balaban J connectivity index is 2.35. The second-order valence-corrected chi connectivity index (χ2v) is 7.51. The first-order valence-electron chi connectivity index (χ1n) is 6.30. The van der Waals surface area contributed by atoms with E-state index in [0.717, 1.165) is 23.3 Å². The van der Waals surface area contributed by atoms with Gasteiger partial charge in [-0.3, -0.25) is 0 Å². The molecule has 1 aromatic heterocycles. The molecule has 1 fully saturated rings. The van der Waals surface area contributed by atoms with Gasteiger partial charge in [0.1, 0.15) is 4.90 Å². The number of sulfonamides is 1. The Morgan fingerprint density at radius 2 is 2.21 bits per heavy atom. The lowest BCUT2D eigenvalue weighted by Crippen LogP contribution is -2.36. The third kappa shape index (κ3) is 3.00. The predicted molar refractivity (Wildman–Crippen MR) is 75.7 cm³/mol. The number of ether oxygens (including phenoxy) is 1. The van der Waals surface area contributed by atoms with Crippen molar-refractivity contribution >= 4 is 21.4 Å². The van der Waals surface area contributed by atoms with Gasteiger partial charge in [0, 0.05) is 31.1 Å². The van der Waals surface area contributed by atoms with Crippen molar-refractivity contribution in [1.29, 1.82) is 0 Å². The standard InChI is InChI=1S/C12H20N2O3S2/c1-9-8-18-11(7-13)12(9)19(15,16)14(5-6-17-2)10-3-4-10/h8,10H,3-7,13H2,1-2H3. The smallest absolute Gasteiger partial charge is 0.244 e. The molecule has 1 heterocycles. The van der Waals surface area contributed by atoms with Crippen LogP contribution < -0.4 is 5.73 Å². The average molecular weight is 304 g/mol. The molecule has 7 heteroatoms. The van der Waals surface area contributed by atoms with Gasteiger partial charge in [-0.2, -0.15) is 4.31 Å². The second kappa shape index (κ2) is 5.88. The first kappa shape index (κ1) is 14.9. The molecule has 19 heavy (non-hydrogen) atoms. The normalized spacial score (nSPS) is 16.2. The summed E-state index contributed by atoms with van der Waals surface area (Å²) >= 11 is 1.41. The molecule has 2 rings (SSSR count). The molecule has 0 amide bonds. The molecule has 1 aliphatic carbocycles. The third-order valence-electron chi connectivity index (χ3n) is 3.21. The van der Waals surface area contributed by atoms with E-state index in [-0.39, 0.29) is 12.6 Å². The maximum Gasteiger partial charge on any atom is 0.244 e. The number of methoxy groups -OCH3 is 1. The summed E-state index contributed by atoms with van der Waals surface area (Å²) in [6, 6.07) is 0.130. The van der Waals surface area contributed by atoms with Crippen molar-refractivity contribution in [3.05, 3.63) is 15.8 Å². The number of thiophene rings is 1. The lowest BCUT2D eigenvalue weighted by atomic mass is 10.3. The van der Waals surface area contributed by atoms with Crippen molar-refractivity contribution in [3.8, 4) is 0 Å². The van der Waals surface area contributed by atoms with Crippen molar-refractivity contribution in [2.24, 2.45) is 5.73 Å². The zero-order valence-electron chi connectivity index (χ0n) is 11.3. The van der Waals surface area contributed by atoms with Crippen LogP contribution in [-0.4, -0.2) is 39.0 Å². The van der Waals surface area contributed by atoms with Crippen LogP contribution in [-0.2, 0) is 21.3 Å². The van der Waals surface area contributed by atoms with Crippen molar-refractivity contribution in [2.75, 3.05) is 20.3 Å². The Kier molecular flexibility index (Phi) is 4.62. The van der Waals surface area contributed by atoms with E-state index in [1.54, 1.807) is 11.4 Å². The first-order chi connectivity index (χ1) is 9.02. The molecular weight excluding hydrogens is 284 g/mol. The molecular formula is C12H20N2O3S2. The average Bonchev–Trinajstić information content (AvgIpc) is 3.11. The van der Waals surface area contributed by atoms with Crippen LogP contribution in [0.5, 0.6) is 0 Å². The largest absolute Gasteiger partial charge is 0.383 e. The van der Waals surface area contributed by atoms with Crippen LogP contribution in [0.1, 0.15) is 23.3 Å². The first-order valence-corrected chi connectivity index (χ1v) is 8.62. The van der Waals surface area contributed by atoms with E-state index in [2.05, 4.69) is 0 Å². The zero-order chi connectivity index (χ0) is 14.0. The fourth-order valence-corrected chi connectivity index (χ4v) is 5.46. The number of aryl methyl sites for hydroxylation is 1. The molecule has 0 radical (unpaired) electrons. The fourth-order valence-electron chi connectivity index (χ4n) is 2.13. The summed E-state index contributed by atoms with van der Waals surface area (Å²) in [5.74, 6) is 0. The van der Waals surface area contributed by atoms with Crippen LogP contribution in [0, 0.1) is 6.92 Å². The van der Waals surface area contributed by atoms with Crippen LogP contribution in [0.15, 0.2) is 10.3 Å². The molecule has 2 N–H and O–H groups in total. The fraction of sp³-hybridized carbons (Fsp3) is 0.667. The molecule has 5 nitrogen and oxygen atoms in total. The maximum atomic E-state index is 12.8. The molecule has 1 aromatic rings. The van der Waals surface area contributed by atoms with E-state index < -0.39 is 10.0 Å². The molecule has 0 saturated heterocycles. The van der Waals surface area contributed by atoms with Gasteiger partial charge in [0.25, 0.3) is 0 Å². The molecule has 0 atom stereocenters. The minimum absolute atomic E-state index is 0.130. The van der Waals surface area contributed by atoms with E-state index in [1.165, 1.54) is 11.3 Å². The Hall–Kier alpha value is -0.470. The van der Waals surface area contributed by atoms with Gasteiger partial charge in [0.15, 0.2) is 0 Å². The zero-order valence-corrected chi connectivity index (χ0v) is 12.9. The third-order valence-corrected chi connectivity index (χ3v) is 6.65. The van der Waals surface area contributed by atoms with Crippen LogP contribution in [0.4, 0.5) is 0 Å². The monoisotopic (exact) mass is 304 g/mol. The van der Waals surface area contributed by atoms with E-state index in [4.69, 9.17) is 10.5 Å². The Morgan fingerprint density at radius 1 is 1.53 bits per heavy atom. The van der Waals surface area contributed by atoms with Gasteiger partial charge in [-0.1, -0.05) is 0 Å². The van der Waals surface area contributed by atoms with Crippen molar-refractivity contribution in [1.82, 2.24) is 4.31 Å². The van der Waals surface area contributed by atoms with Gasteiger partial charge >= 0.3 is 0 Å². The van der Waals surface area contributed by atoms with Gasteiger partial charge in [0.2, 0.25) is 10.0 Å². The summed E-state index contributed by atoms with van der Waals surface area (Å²) in [7, 11) is -1.87. The minimum Gasteiger partial charge on any atom is -0.383 e. The topological polar surface area (TPSA) is 72.6 Å². The molecule has 0 spiro atoms. The Bertz CT molecular complexity index is 535. The predicted octanol–water partition coefficient (Wildman–Crippen LogP) is 1.31. The van der Waals surface area contributed by atoms with Gasteiger partial charge in [-0.25, -0.2) is 8.42 Å². The second-order valence-electron chi connectivity index (χ2n) is 4.71. The van der Waals surface area contributed by atoms with E-state index in [1.807, 2.05) is 12.3 Å². The van der Waals surface area contributed by atoms with Crippen LogP contribution >= 0.6 is 11.3 Å². The Labute approximate surface area is 118 Å². The van der Waals surface area contributed by atoms with Crippen molar-refractivity contribution < 1.29 is 13.2 Å². The lowest BCUT2D eigenvalue weighted by molar-refractivity contribution is 0.177. The quantitative estimate of drug-likeness (QED) is 0.824. The van der Waals surface area contributed by atoms with Crippen LogP contribution in [0.25, 0.3) is 0 Å². The minimum atomic E-state index is -3.46. The summed E-state index contributed by atoms with van der Waals surface area (Å²) in [5.41, 5.74) is 6.44. The molecule has 108 valence electrons. The lowest BCUT2D eigenvalue weighted by Gasteiger charge is -2.22. The van der Waals surface area contributed by atoms with Gasteiger partial charge in [-0.15, -0.1) is 11.3 Å². The van der Waals surface area contributed by atoms with Crippen molar-refractivity contribution in [2.45, 2.75) is 37.2 Å². The van der Waals surface area contributed by atoms with E-state index >= 15 is 0 Å². The summed E-state index contributed by atoms with van der Waals surface area (Å²) in [6.07, 6.45) is 1.87. The van der Waals surface area contributed by atoms with Crippen LogP contribution in [0.3, 0.4) is 0 Å². The summed E-state index contributed by atoms with van der Waals surface area (Å²) < 4.78 is 32.2. The molecule has 0 aliphatic heterocycles. The summed E-state index contributed by atoms with van der Waals surface area (Å²) in [5, 5.41) is 1.86. The van der Waals surface area contributed by atoms with E-state index in [0.29, 0.717) is 18.0 Å². The number of hydrogen-bond donors (Lipinski definition) is 1. The van der Waals surface area contributed by atoms with Gasteiger partial charge in [-0.05, 0) is 30.7 Å². The highest BCUT2D eigenvalue weighted by Gasteiger charge is 2.39. The van der Waals surface area contributed by atoms with Crippen molar-refractivity contribution in [3.63, 3.8) is 0 Å². The Morgan fingerprint density at radius 3 is 2.74 bits per heavy atom. The summed E-state index contributed by atoms with van der Waals surface area (Å²) in [4.78, 5) is 1.14. The van der Waals surface area contributed by atoms with Gasteiger partial charge in [0.05, 0.1) is 6.61 Å². The van der Waals surface area contributed by atoms with Gasteiger partial charge < -0.3 is 10.5 Å². The SMILES string of the molecule is COCCN(C1CC1)S(=O)(=O)c1c(C)csc1CN. The molecule has 0 aromatic carbocycles.